The number of ether oxygens (including phenoxy) is 1. The van der Waals surface area contributed by atoms with Crippen LogP contribution in [0.15, 0.2) is 59.5 Å². The average Bonchev–Trinajstić information content (AvgIpc) is 3.20. The number of sulfonamides is 1. The van der Waals surface area contributed by atoms with Crippen LogP contribution in [-0.4, -0.2) is 60.2 Å². The van der Waals surface area contributed by atoms with Gasteiger partial charge in [0.2, 0.25) is 10.0 Å². The summed E-state index contributed by atoms with van der Waals surface area (Å²) in [5.74, 6) is 0.134. The molecule has 0 saturated carbocycles. The first-order valence-corrected chi connectivity index (χ1v) is 12.8. The molecule has 2 aromatic carbocycles. The SMILES string of the molecule is CC(C)(C)OCC1C2C(CCN1S(=O)(=O)c1ccccc1[N+](=O)[O-])CON2Cc1ccccc1. The van der Waals surface area contributed by atoms with E-state index in [4.69, 9.17) is 9.57 Å². The molecule has 10 heteroatoms. The molecule has 34 heavy (non-hydrogen) atoms. The molecule has 9 nitrogen and oxygen atoms in total. The van der Waals surface area contributed by atoms with Gasteiger partial charge in [-0.05, 0) is 38.8 Å². The van der Waals surface area contributed by atoms with Crippen molar-refractivity contribution >= 4 is 15.7 Å². The molecule has 2 fully saturated rings. The fourth-order valence-electron chi connectivity index (χ4n) is 4.68. The van der Waals surface area contributed by atoms with Gasteiger partial charge in [0, 0.05) is 25.1 Å². The molecule has 2 aliphatic rings. The second kappa shape index (κ2) is 9.71. The van der Waals surface area contributed by atoms with Crippen LogP contribution in [-0.2, 0) is 26.1 Å². The van der Waals surface area contributed by atoms with E-state index >= 15 is 0 Å². The van der Waals surface area contributed by atoms with Gasteiger partial charge in [-0.1, -0.05) is 42.5 Å². The highest BCUT2D eigenvalue weighted by atomic mass is 32.2. The molecular formula is C24H31N3O6S. The number of hydrogen-bond donors (Lipinski definition) is 0. The molecular weight excluding hydrogens is 458 g/mol. The van der Waals surface area contributed by atoms with Crippen molar-refractivity contribution in [1.82, 2.24) is 9.37 Å². The van der Waals surface area contributed by atoms with E-state index in [9.17, 15) is 18.5 Å². The van der Waals surface area contributed by atoms with Crippen LogP contribution in [0.4, 0.5) is 5.69 Å². The Morgan fingerprint density at radius 2 is 1.79 bits per heavy atom. The summed E-state index contributed by atoms with van der Waals surface area (Å²) in [4.78, 5) is 16.7. The van der Waals surface area contributed by atoms with E-state index < -0.39 is 32.3 Å². The fourth-order valence-corrected chi connectivity index (χ4v) is 6.48. The zero-order valence-corrected chi connectivity index (χ0v) is 20.5. The van der Waals surface area contributed by atoms with Crippen LogP contribution in [0, 0.1) is 16.0 Å². The summed E-state index contributed by atoms with van der Waals surface area (Å²) in [5, 5.41) is 13.5. The van der Waals surface area contributed by atoms with Crippen LogP contribution >= 0.6 is 0 Å². The normalized spacial score (nSPS) is 24.1. The molecule has 0 radical (unpaired) electrons. The lowest BCUT2D eigenvalue weighted by molar-refractivity contribution is -0.387. The van der Waals surface area contributed by atoms with Gasteiger partial charge in [-0.15, -0.1) is 0 Å². The van der Waals surface area contributed by atoms with Gasteiger partial charge in [0.1, 0.15) is 0 Å². The van der Waals surface area contributed by atoms with E-state index in [-0.39, 0.29) is 30.0 Å². The summed E-state index contributed by atoms with van der Waals surface area (Å²) >= 11 is 0. The number of nitro benzene ring substituents is 1. The van der Waals surface area contributed by atoms with Gasteiger partial charge in [-0.3, -0.25) is 15.0 Å². The Bertz CT molecular complexity index is 1120. The molecule has 0 aliphatic carbocycles. The van der Waals surface area contributed by atoms with E-state index in [2.05, 4.69) is 0 Å². The molecule has 0 spiro atoms. The molecule has 0 aromatic heterocycles. The number of hydrogen-bond acceptors (Lipinski definition) is 7. The van der Waals surface area contributed by atoms with Crippen LogP contribution in [0.3, 0.4) is 0 Å². The molecule has 2 saturated heterocycles. The fraction of sp³-hybridized carbons (Fsp3) is 0.500. The van der Waals surface area contributed by atoms with E-state index in [1.165, 1.54) is 28.6 Å². The Balaban J connectivity index is 1.71. The van der Waals surface area contributed by atoms with Crippen molar-refractivity contribution in [3.05, 3.63) is 70.3 Å². The minimum Gasteiger partial charge on any atom is -0.374 e. The quantitative estimate of drug-likeness (QED) is 0.432. The standard InChI is InChI=1S/C24H31N3O6S/c1-24(2,3)32-17-21-23-19(16-33-25(23)15-18-9-5-4-6-10-18)13-14-26(21)34(30,31)22-12-8-7-11-20(22)27(28)29/h4-12,19,21,23H,13-17H2,1-3H3. The highest BCUT2D eigenvalue weighted by Crippen LogP contribution is 2.39. The maximum Gasteiger partial charge on any atom is 0.289 e. The number of nitro groups is 1. The number of hydroxylamine groups is 2. The van der Waals surface area contributed by atoms with Crippen LogP contribution < -0.4 is 0 Å². The monoisotopic (exact) mass is 489 g/mol. The van der Waals surface area contributed by atoms with Crippen molar-refractivity contribution in [3.8, 4) is 0 Å². The topological polar surface area (TPSA) is 102 Å². The molecule has 4 rings (SSSR count). The molecule has 0 N–H and O–H groups in total. The molecule has 3 unspecified atom stereocenters. The molecule has 2 heterocycles. The summed E-state index contributed by atoms with van der Waals surface area (Å²) < 4.78 is 35.1. The van der Waals surface area contributed by atoms with Crippen molar-refractivity contribution in [3.63, 3.8) is 0 Å². The minimum atomic E-state index is -4.16. The minimum absolute atomic E-state index is 0.134. The number of piperidine rings is 1. The highest BCUT2D eigenvalue weighted by molar-refractivity contribution is 7.89. The third kappa shape index (κ3) is 5.16. The first kappa shape index (κ1) is 24.7. The Morgan fingerprint density at radius 3 is 2.47 bits per heavy atom. The lowest BCUT2D eigenvalue weighted by atomic mass is 9.88. The van der Waals surface area contributed by atoms with Gasteiger partial charge in [-0.25, -0.2) is 8.42 Å². The van der Waals surface area contributed by atoms with Crippen LogP contribution in [0.2, 0.25) is 0 Å². The van der Waals surface area contributed by atoms with Crippen molar-refractivity contribution in [2.45, 2.75) is 56.3 Å². The Labute approximate surface area is 200 Å². The number of benzene rings is 2. The van der Waals surface area contributed by atoms with Crippen molar-refractivity contribution < 1.29 is 22.9 Å². The number of nitrogens with zero attached hydrogens (tertiary/aromatic N) is 3. The van der Waals surface area contributed by atoms with Gasteiger partial charge in [0.25, 0.3) is 5.69 Å². The Hall–Kier alpha value is -2.37. The third-order valence-electron chi connectivity index (χ3n) is 6.27. The summed E-state index contributed by atoms with van der Waals surface area (Å²) in [6.07, 6.45) is 0.599. The number of rotatable bonds is 7. The first-order valence-electron chi connectivity index (χ1n) is 11.4. The van der Waals surface area contributed by atoms with Crippen molar-refractivity contribution in [1.29, 1.82) is 0 Å². The smallest absolute Gasteiger partial charge is 0.289 e. The average molecular weight is 490 g/mol. The predicted molar refractivity (Wildman–Crippen MR) is 126 cm³/mol. The molecule has 0 bridgehead atoms. The predicted octanol–water partition coefficient (Wildman–Crippen LogP) is 3.61. The van der Waals surface area contributed by atoms with Gasteiger partial charge < -0.3 is 4.74 Å². The van der Waals surface area contributed by atoms with Gasteiger partial charge in [0.15, 0.2) is 4.90 Å². The lowest BCUT2D eigenvalue weighted by Crippen LogP contribution is -2.59. The van der Waals surface area contributed by atoms with Gasteiger partial charge in [0.05, 0.1) is 35.8 Å². The summed E-state index contributed by atoms with van der Waals surface area (Å²) in [7, 11) is -4.16. The molecule has 0 amide bonds. The Morgan fingerprint density at radius 1 is 1.12 bits per heavy atom. The van der Waals surface area contributed by atoms with E-state index in [1.54, 1.807) is 0 Å². The van der Waals surface area contributed by atoms with Gasteiger partial charge >= 0.3 is 0 Å². The Kier molecular flexibility index (Phi) is 7.07. The third-order valence-corrected chi connectivity index (χ3v) is 8.24. The number of para-hydroxylation sites is 1. The maximum atomic E-state index is 13.8. The van der Waals surface area contributed by atoms with Crippen LogP contribution in [0.5, 0.6) is 0 Å². The maximum absolute atomic E-state index is 13.8. The van der Waals surface area contributed by atoms with E-state index in [0.717, 1.165) is 5.56 Å². The van der Waals surface area contributed by atoms with Crippen molar-refractivity contribution in [2.24, 2.45) is 5.92 Å². The second-order valence-corrected chi connectivity index (χ2v) is 11.6. The molecule has 2 aromatic rings. The highest BCUT2D eigenvalue weighted by Gasteiger charge is 2.51. The summed E-state index contributed by atoms with van der Waals surface area (Å²) in [6, 6.07) is 14.6. The second-order valence-electron chi connectivity index (χ2n) is 9.73. The van der Waals surface area contributed by atoms with Crippen LogP contribution in [0.25, 0.3) is 0 Å². The largest absolute Gasteiger partial charge is 0.374 e. The van der Waals surface area contributed by atoms with Crippen molar-refractivity contribution in [2.75, 3.05) is 19.8 Å². The first-order chi connectivity index (χ1) is 16.1. The van der Waals surface area contributed by atoms with E-state index in [0.29, 0.717) is 19.6 Å². The zero-order valence-electron chi connectivity index (χ0n) is 19.7. The molecule has 184 valence electrons. The molecule has 2 aliphatic heterocycles. The van der Waals surface area contributed by atoms with Gasteiger partial charge in [-0.2, -0.15) is 9.37 Å². The molecule has 3 atom stereocenters. The van der Waals surface area contributed by atoms with Crippen LogP contribution in [0.1, 0.15) is 32.8 Å². The van der Waals surface area contributed by atoms with E-state index in [1.807, 2.05) is 56.2 Å². The lowest BCUT2D eigenvalue weighted by Gasteiger charge is -2.44. The summed E-state index contributed by atoms with van der Waals surface area (Å²) in [5.41, 5.74) is 0.145. The number of fused-ring (bicyclic) bond motifs is 1. The summed E-state index contributed by atoms with van der Waals surface area (Å²) in [6.45, 7) is 7.16. The zero-order chi connectivity index (χ0) is 24.5.